The molecule has 0 radical (unpaired) electrons. The minimum Gasteiger partial charge on any atom is -0.282 e. The number of aromatic amines is 1. The van der Waals surface area contributed by atoms with Gasteiger partial charge < -0.3 is 0 Å². The van der Waals surface area contributed by atoms with Crippen LogP contribution in [0.1, 0.15) is 5.69 Å². The molecule has 23 heavy (non-hydrogen) atoms. The van der Waals surface area contributed by atoms with Crippen molar-refractivity contribution in [2.24, 2.45) is 0 Å². The van der Waals surface area contributed by atoms with E-state index in [4.69, 9.17) is 0 Å². The van der Waals surface area contributed by atoms with E-state index in [-0.39, 0.29) is 0 Å². The molecule has 4 rings (SSSR count). The normalized spacial score (nSPS) is 10.8. The van der Waals surface area contributed by atoms with Gasteiger partial charge in [-0.15, -0.1) is 5.10 Å². The molecule has 0 bridgehead atoms. The van der Waals surface area contributed by atoms with Gasteiger partial charge in [-0.05, 0) is 35.5 Å². The molecule has 4 aromatic heterocycles. The van der Waals surface area contributed by atoms with E-state index in [2.05, 4.69) is 40.6 Å². The highest BCUT2D eigenvalue weighted by Crippen LogP contribution is 2.19. The second-order valence-electron chi connectivity index (χ2n) is 4.77. The van der Waals surface area contributed by atoms with Gasteiger partial charge in [-0.3, -0.25) is 4.57 Å². The number of nitrogens with zero attached hydrogens (tertiary/aromatic N) is 8. The van der Waals surface area contributed by atoms with E-state index in [0.29, 0.717) is 23.3 Å². The number of imidazole rings is 1. The smallest absolute Gasteiger partial charge is 0.217 e. The van der Waals surface area contributed by atoms with E-state index >= 15 is 0 Å². The van der Waals surface area contributed by atoms with E-state index in [1.165, 1.54) is 0 Å². The Morgan fingerprint density at radius 1 is 1.04 bits per heavy atom. The van der Waals surface area contributed by atoms with Gasteiger partial charge in [-0.25, -0.2) is 25.0 Å². The maximum Gasteiger partial charge on any atom is 0.217 e. The Morgan fingerprint density at radius 3 is 2.83 bits per heavy atom. The topological polar surface area (TPSA) is 111 Å². The number of rotatable bonds is 3. The molecule has 9 heteroatoms. The molecule has 9 nitrogen and oxygen atoms in total. The maximum atomic E-state index is 4.51. The van der Waals surface area contributed by atoms with Crippen LogP contribution in [0.3, 0.4) is 0 Å². The van der Waals surface area contributed by atoms with Gasteiger partial charge >= 0.3 is 0 Å². The fraction of sp³-hybridized carbons (Fsp3) is 0.0714. The molecule has 0 aliphatic carbocycles. The molecule has 0 fully saturated rings. The Labute approximate surface area is 130 Å². The van der Waals surface area contributed by atoms with Crippen molar-refractivity contribution in [3.05, 3.63) is 48.5 Å². The average Bonchev–Trinajstić information content (AvgIpc) is 3.27. The molecule has 0 aromatic carbocycles. The summed E-state index contributed by atoms with van der Waals surface area (Å²) < 4.78 is 1.84. The highest BCUT2D eigenvalue weighted by Gasteiger charge is 2.12. The molecule has 0 amide bonds. The number of tetrazole rings is 1. The van der Waals surface area contributed by atoms with Crippen molar-refractivity contribution < 1.29 is 0 Å². The van der Waals surface area contributed by atoms with Gasteiger partial charge in [0, 0.05) is 24.3 Å². The van der Waals surface area contributed by atoms with Crippen molar-refractivity contribution >= 4 is 0 Å². The van der Waals surface area contributed by atoms with Crippen LogP contribution in [0.5, 0.6) is 0 Å². The SMILES string of the molecule is Cc1cccc(-c2nccn2-c2ccnc(-c3nnn[nH]3)n2)n1. The Morgan fingerprint density at radius 2 is 2.00 bits per heavy atom. The summed E-state index contributed by atoms with van der Waals surface area (Å²) in [7, 11) is 0. The second-order valence-corrected chi connectivity index (χ2v) is 4.77. The lowest BCUT2D eigenvalue weighted by atomic mass is 10.3. The lowest BCUT2D eigenvalue weighted by molar-refractivity contribution is 0.881. The minimum atomic E-state index is 0.405. The molecular formula is C14H11N9. The van der Waals surface area contributed by atoms with Gasteiger partial charge in [0.2, 0.25) is 11.6 Å². The van der Waals surface area contributed by atoms with Crippen LogP contribution in [0.15, 0.2) is 42.9 Å². The van der Waals surface area contributed by atoms with Crippen LogP contribution in [0.4, 0.5) is 0 Å². The number of nitrogens with one attached hydrogen (secondary N) is 1. The molecule has 0 saturated heterocycles. The molecule has 0 unspecified atom stereocenters. The first-order chi connectivity index (χ1) is 11.3. The van der Waals surface area contributed by atoms with E-state index in [1.54, 1.807) is 18.5 Å². The predicted molar refractivity (Wildman–Crippen MR) is 80.3 cm³/mol. The summed E-state index contributed by atoms with van der Waals surface area (Å²) in [5, 5.41) is 13.5. The molecular weight excluding hydrogens is 294 g/mol. The Bertz CT molecular complexity index is 942. The third-order valence-electron chi connectivity index (χ3n) is 3.20. The summed E-state index contributed by atoms with van der Waals surface area (Å²) in [5.41, 5.74) is 1.70. The Balaban J connectivity index is 1.81. The highest BCUT2D eigenvalue weighted by molar-refractivity contribution is 5.54. The first kappa shape index (κ1) is 13.2. The standard InChI is InChI=1S/C14H11N9/c1-9-3-2-4-10(17-9)14-16-7-8-23(14)11-5-6-15-12(18-11)13-19-21-22-20-13/h2-8H,1H3,(H,19,20,21,22). The first-order valence-electron chi connectivity index (χ1n) is 6.86. The van der Waals surface area contributed by atoms with Crippen LogP contribution < -0.4 is 0 Å². The second kappa shape index (κ2) is 5.37. The summed E-state index contributed by atoms with van der Waals surface area (Å²) in [6.07, 6.45) is 5.18. The quantitative estimate of drug-likeness (QED) is 0.605. The number of hydrogen-bond donors (Lipinski definition) is 1. The van der Waals surface area contributed by atoms with Gasteiger partial charge in [0.1, 0.15) is 11.5 Å². The Hall–Kier alpha value is -3.49. The fourth-order valence-corrected chi connectivity index (χ4v) is 2.20. The van der Waals surface area contributed by atoms with Crippen molar-refractivity contribution in [1.82, 2.24) is 45.1 Å². The summed E-state index contributed by atoms with van der Waals surface area (Å²) in [4.78, 5) is 17.5. The largest absolute Gasteiger partial charge is 0.282 e. The monoisotopic (exact) mass is 305 g/mol. The molecule has 0 spiro atoms. The van der Waals surface area contributed by atoms with Gasteiger partial charge in [-0.1, -0.05) is 6.07 Å². The molecule has 112 valence electrons. The van der Waals surface area contributed by atoms with Crippen LogP contribution in [0.25, 0.3) is 29.0 Å². The third-order valence-corrected chi connectivity index (χ3v) is 3.20. The molecule has 4 heterocycles. The molecule has 0 aliphatic rings. The van der Waals surface area contributed by atoms with Crippen molar-refractivity contribution in [3.63, 3.8) is 0 Å². The van der Waals surface area contributed by atoms with Crippen LogP contribution in [-0.4, -0.2) is 45.1 Å². The van der Waals surface area contributed by atoms with E-state index in [0.717, 1.165) is 11.4 Å². The van der Waals surface area contributed by atoms with Gasteiger partial charge in [-0.2, -0.15) is 0 Å². The number of hydrogen-bond acceptors (Lipinski definition) is 7. The summed E-state index contributed by atoms with van der Waals surface area (Å²) >= 11 is 0. The molecule has 1 N–H and O–H groups in total. The van der Waals surface area contributed by atoms with Crippen LogP contribution >= 0.6 is 0 Å². The fourth-order valence-electron chi connectivity index (χ4n) is 2.20. The average molecular weight is 305 g/mol. The van der Waals surface area contributed by atoms with E-state index in [9.17, 15) is 0 Å². The van der Waals surface area contributed by atoms with Crippen LogP contribution in [-0.2, 0) is 0 Å². The molecule has 0 atom stereocenters. The zero-order valence-corrected chi connectivity index (χ0v) is 12.1. The van der Waals surface area contributed by atoms with Crippen molar-refractivity contribution in [2.75, 3.05) is 0 Å². The van der Waals surface area contributed by atoms with Crippen molar-refractivity contribution in [2.45, 2.75) is 6.92 Å². The van der Waals surface area contributed by atoms with Gasteiger partial charge in [0.05, 0.1) is 0 Å². The number of aryl methyl sites for hydroxylation is 1. The van der Waals surface area contributed by atoms with Crippen molar-refractivity contribution in [3.8, 4) is 29.0 Å². The van der Waals surface area contributed by atoms with Crippen molar-refractivity contribution in [1.29, 1.82) is 0 Å². The zero-order valence-electron chi connectivity index (χ0n) is 12.1. The summed E-state index contributed by atoms with van der Waals surface area (Å²) in [6, 6.07) is 7.58. The highest BCUT2D eigenvalue weighted by atomic mass is 15.5. The summed E-state index contributed by atoms with van der Waals surface area (Å²) in [5.74, 6) is 2.17. The molecule has 0 aliphatic heterocycles. The lowest BCUT2D eigenvalue weighted by Crippen LogP contribution is -2.03. The van der Waals surface area contributed by atoms with E-state index < -0.39 is 0 Å². The van der Waals surface area contributed by atoms with E-state index in [1.807, 2.05) is 35.9 Å². The zero-order chi connectivity index (χ0) is 15.6. The number of H-pyrrole nitrogens is 1. The van der Waals surface area contributed by atoms with Gasteiger partial charge in [0.25, 0.3) is 0 Å². The van der Waals surface area contributed by atoms with Gasteiger partial charge in [0.15, 0.2) is 5.82 Å². The third kappa shape index (κ3) is 2.44. The number of pyridine rings is 1. The van der Waals surface area contributed by atoms with Crippen LogP contribution in [0, 0.1) is 6.92 Å². The Kier molecular flexibility index (Phi) is 3.08. The summed E-state index contributed by atoms with van der Waals surface area (Å²) in [6.45, 7) is 1.94. The molecule has 4 aromatic rings. The maximum absolute atomic E-state index is 4.51. The minimum absolute atomic E-state index is 0.405. The lowest BCUT2D eigenvalue weighted by Gasteiger charge is -2.07. The van der Waals surface area contributed by atoms with Crippen LogP contribution in [0.2, 0.25) is 0 Å². The predicted octanol–water partition coefficient (Wildman–Crippen LogP) is 1.21. The first-order valence-corrected chi connectivity index (χ1v) is 6.86. The molecule has 0 saturated carbocycles. The number of aromatic nitrogens is 9.